The molecule has 194 valence electrons. The summed E-state index contributed by atoms with van der Waals surface area (Å²) >= 11 is 0. The molecule has 7 N–H and O–H groups in total. The molecule has 0 aliphatic carbocycles. The van der Waals surface area contributed by atoms with Gasteiger partial charge in [0, 0.05) is 0 Å². The summed E-state index contributed by atoms with van der Waals surface area (Å²) in [5.74, 6) is 0. The normalized spacial score (nSPS) is 38.5. The van der Waals surface area contributed by atoms with E-state index in [1.807, 2.05) is 0 Å². The lowest BCUT2D eigenvalue weighted by Crippen LogP contribution is -2.65. The van der Waals surface area contributed by atoms with Gasteiger partial charge in [0.2, 0.25) is 9.84 Å². The standard InChI is InChI=1S/C22H28O12S/c23-8-13-15(25)16(26)18(28)21(32-13)34-20-14(9-24)33-22(19(29)17(20)27)35(30,31)12-6-5-10-3-1-2-4-11(10)7-12/h1-7,13-29H,8-9H2/t13-,14-,15+,16+,17-,18-,19-,20-,21+,22+/m1/s1. The number of hydrogen-bond acceptors (Lipinski definition) is 12. The molecular weight excluding hydrogens is 488 g/mol. The number of aliphatic hydroxyl groups excluding tert-OH is 7. The molecule has 12 nitrogen and oxygen atoms in total. The van der Waals surface area contributed by atoms with Crippen LogP contribution in [0.5, 0.6) is 0 Å². The minimum absolute atomic E-state index is 0.169. The van der Waals surface area contributed by atoms with Crippen LogP contribution in [0, 0.1) is 0 Å². The molecule has 0 aromatic heterocycles. The molecule has 2 fully saturated rings. The lowest BCUT2D eigenvalue weighted by atomic mass is 9.97. The summed E-state index contributed by atoms with van der Waals surface area (Å²) in [5, 5.41) is 72.0. The van der Waals surface area contributed by atoms with Gasteiger partial charge in [-0.1, -0.05) is 30.3 Å². The van der Waals surface area contributed by atoms with E-state index in [0.29, 0.717) is 5.39 Å². The Morgan fingerprint density at radius 3 is 2.06 bits per heavy atom. The fourth-order valence-electron chi connectivity index (χ4n) is 4.29. The zero-order valence-electron chi connectivity index (χ0n) is 18.3. The molecule has 2 aliphatic rings. The Labute approximate surface area is 200 Å². The number of sulfone groups is 1. The predicted molar refractivity (Wildman–Crippen MR) is 118 cm³/mol. The highest BCUT2D eigenvalue weighted by molar-refractivity contribution is 7.92. The Morgan fingerprint density at radius 1 is 0.743 bits per heavy atom. The van der Waals surface area contributed by atoms with Crippen LogP contribution in [0.15, 0.2) is 47.4 Å². The van der Waals surface area contributed by atoms with Gasteiger partial charge < -0.3 is 50.0 Å². The smallest absolute Gasteiger partial charge is 0.207 e. The van der Waals surface area contributed by atoms with Gasteiger partial charge in [-0.25, -0.2) is 8.42 Å². The van der Waals surface area contributed by atoms with Crippen molar-refractivity contribution in [3.05, 3.63) is 42.5 Å². The van der Waals surface area contributed by atoms with Gasteiger partial charge in [-0.05, 0) is 22.9 Å². The highest BCUT2D eigenvalue weighted by Crippen LogP contribution is 2.33. The van der Waals surface area contributed by atoms with Crippen LogP contribution in [0.2, 0.25) is 0 Å². The first-order valence-electron chi connectivity index (χ1n) is 10.9. The summed E-state index contributed by atoms with van der Waals surface area (Å²) in [5.41, 5.74) is -1.95. The van der Waals surface area contributed by atoms with Crippen LogP contribution in [0.3, 0.4) is 0 Å². The summed E-state index contributed by atoms with van der Waals surface area (Å²) in [4.78, 5) is -0.169. The lowest BCUT2D eigenvalue weighted by Gasteiger charge is -2.45. The van der Waals surface area contributed by atoms with Crippen molar-refractivity contribution in [3.8, 4) is 0 Å². The van der Waals surface area contributed by atoms with E-state index < -0.39 is 83.6 Å². The first-order chi connectivity index (χ1) is 16.6. The van der Waals surface area contributed by atoms with Crippen LogP contribution in [-0.2, 0) is 24.0 Å². The van der Waals surface area contributed by atoms with Crippen molar-refractivity contribution in [2.24, 2.45) is 0 Å². The van der Waals surface area contributed by atoms with Gasteiger partial charge in [-0.3, -0.25) is 0 Å². The van der Waals surface area contributed by atoms with E-state index in [1.54, 1.807) is 30.3 Å². The molecular formula is C22H28O12S. The number of aliphatic hydroxyl groups is 7. The number of benzene rings is 2. The van der Waals surface area contributed by atoms with Gasteiger partial charge >= 0.3 is 0 Å². The SMILES string of the molecule is O=S(=O)(c1ccc2ccccc2c1)[C@@H]1O[C@H](CO)[C@@H](O[C@@H]2O[C@H](CO)[C@H](O)[C@H](O)[C@H]2O)[C@H](O)[C@H]1O. The molecule has 2 aromatic rings. The number of rotatable bonds is 6. The van der Waals surface area contributed by atoms with Crippen LogP contribution in [0.25, 0.3) is 10.8 Å². The lowest BCUT2D eigenvalue weighted by molar-refractivity contribution is -0.338. The third-order valence-electron chi connectivity index (χ3n) is 6.32. The summed E-state index contributed by atoms with van der Waals surface area (Å²) < 4.78 is 42.7. The number of ether oxygens (including phenoxy) is 3. The fourth-order valence-corrected chi connectivity index (χ4v) is 5.92. The zero-order valence-corrected chi connectivity index (χ0v) is 19.1. The van der Waals surface area contributed by atoms with Gasteiger partial charge in [-0.15, -0.1) is 0 Å². The average Bonchev–Trinajstić information content (AvgIpc) is 2.86. The molecule has 0 amide bonds. The maximum absolute atomic E-state index is 13.3. The highest BCUT2D eigenvalue weighted by atomic mass is 32.2. The monoisotopic (exact) mass is 516 g/mol. The Kier molecular flexibility index (Phi) is 7.76. The van der Waals surface area contributed by atoms with Gasteiger partial charge in [-0.2, -0.15) is 0 Å². The Balaban J connectivity index is 1.57. The Hall–Kier alpha value is -1.75. The molecule has 0 spiro atoms. The van der Waals surface area contributed by atoms with Crippen LogP contribution in [0.4, 0.5) is 0 Å². The second-order valence-corrected chi connectivity index (χ2v) is 10.6. The quantitative estimate of drug-likeness (QED) is 0.209. The minimum atomic E-state index is -4.36. The van der Waals surface area contributed by atoms with Crippen molar-refractivity contribution in [2.75, 3.05) is 13.2 Å². The summed E-state index contributed by atoms with van der Waals surface area (Å²) in [6.07, 6.45) is -15.3. The average molecular weight is 517 g/mol. The first-order valence-corrected chi connectivity index (χ1v) is 12.5. The maximum Gasteiger partial charge on any atom is 0.207 e. The molecule has 2 heterocycles. The number of hydrogen-bond donors (Lipinski definition) is 7. The van der Waals surface area contributed by atoms with Gasteiger partial charge in [0.05, 0.1) is 18.1 Å². The van der Waals surface area contributed by atoms with Crippen molar-refractivity contribution in [1.82, 2.24) is 0 Å². The van der Waals surface area contributed by atoms with E-state index in [-0.39, 0.29) is 4.90 Å². The molecule has 0 saturated carbocycles. The van der Waals surface area contributed by atoms with Crippen molar-refractivity contribution in [3.63, 3.8) is 0 Å². The Bertz CT molecular complexity index is 1120. The zero-order chi connectivity index (χ0) is 25.5. The summed E-state index contributed by atoms with van der Waals surface area (Å²) in [6, 6.07) is 11.4. The van der Waals surface area contributed by atoms with Gasteiger partial charge in [0.25, 0.3) is 0 Å². The van der Waals surface area contributed by atoms with Crippen LogP contribution >= 0.6 is 0 Å². The molecule has 13 heteroatoms. The van der Waals surface area contributed by atoms with Crippen LogP contribution in [-0.4, -0.2) is 118 Å². The largest absolute Gasteiger partial charge is 0.394 e. The number of fused-ring (bicyclic) bond motifs is 1. The fraction of sp³-hybridized carbons (Fsp3) is 0.545. The van der Waals surface area contributed by atoms with Crippen molar-refractivity contribution in [2.45, 2.75) is 65.5 Å². The van der Waals surface area contributed by atoms with Crippen LogP contribution < -0.4 is 0 Å². The molecule has 35 heavy (non-hydrogen) atoms. The van der Waals surface area contributed by atoms with E-state index in [9.17, 15) is 44.2 Å². The second-order valence-electron chi connectivity index (χ2n) is 8.56. The third-order valence-corrected chi connectivity index (χ3v) is 8.23. The van der Waals surface area contributed by atoms with E-state index >= 15 is 0 Å². The third kappa shape index (κ3) is 4.82. The molecule has 2 saturated heterocycles. The molecule has 0 radical (unpaired) electrons. The second kappa shape index (κ2) is 10.3. The minimum Gasteiger partial charge on any atom is -0.394 e. The maximum atomic E-state index is 13.3. The topological polar surface area (TPSA) is 203 Å². The van der Waals surface area contributed by atoms with Crippen molar-refractivity contribution >= 4 is 20.6 Å². The Morgan fingerprint density at radius 2 is 1.40 bits per heavy atom. The molecule has 4 rings (SSSR count). The summed E-state index contributed by atoms with van der Waals surface area (Å²) in [7, 11) is -4.36. The van der Waals surface area contributed by atoms with E-state index in [0.717, 1.165) is 5.39 Å². The van der Waals surface area contributed by atoms with Crippen molar-refractivity contribution < 1.29 is 58.4 Å². The summed E-state index contributed by atoms with van der Waals surface area (Å²) in [6.45, 7) is -1.57. The highest BCUT2D eigenvalue weighted by Gasteiger charge is 2.53. The van der Waals surface area contributed by atoms with Gasteiger partial charge in [0.15, 0.2) is 11.7 Å². The van der Waals surface area contributed by atoms with E-state index in [1.165, 1.54) is 12.1 Å². The van der Waals surface area contributed by atoms with E-state index in [4.69, 9.17) is 14.2 Å². The van der Waals surface area contributed by atoms with E-state index in [2.05, 4.69) is 0 Å². The molecule has 0 bridgehead atoms. The molecule has 0 unspecified atom stereocenters. The van der Waals surface area contributed by atoms with Gasteiger partial charge in [0.1, 0.15) is 48.8 Å². The molecule has 2 aliphatic heterocycles. The molecule has 10 atom stereocenters. The van der Waals surface area contributed by atoms with Crippen LogP contribution in [0.1, 0.15) is 0 Å². The molecule has 2 aromatic carbocycles. The van der Waals surface area contributed by atoms with Crippen molar-refractivity contribution in [1.29, 1.82) is 0 Å². The first kappa shape index (κ1) is 26.3. The predicted octanol–water partition coefficient (Wildman–Crippen LogP) is -2.76.